The van der Waals surface area contributed by atoms with Gasteiger partial charge in [0.15, 0.2) is 24.1 Å². The van der Waals surface area contributed by atoms with Gasteiger partial charge in [-0.05, 0) is 24.6 Å². The zero-order chi connectivity index (χ0) is 21.1. The molecule has 0 aromatic heterocycles. The fourth-order valence-electron chi connectivity index (χ4n) is 2.76. The van der Waals surface area contributed by atoms with Gasteiger partial charge in [0.1, 0.15) is 0 Å². The van der Waals surface area contributed by atoms with Crippen LogP contribution in [0.1, 0.15) is 12.5 Å². The van der Waals surface area contributed by atoms with E-state index in [1.807, 2.05) is 6.92 Å². The van der Waals surface area contributed by atoms with Crippen LogP contribution in [0.25, 0.3) is 0 Å². The zero-order valence-electron chi connectivity index (χ0n) is 16.8. The molecule has 0 unspecified atom stereocenters. The van der Waals surface area contributed by atoms with Gasteiger partial charge in [-0.15, -0.1) is 0 Å². The maximum absolute atomic E-state index is 12.4. The van der Waals surface area contributed by atoms with Gasteiger partial charge in [-0.2, -0.15) is 13.2 Å². The molecule has 1 fully saturated rings. The van der Waals surface area contributed by atoms with Gasteiger partial charge in [0.2, 0.25) is 0 Å². The number of alkyl halides is 3. The molecule has 0 aliphatic carbocycles. The first-order valence-electron chi connectivity index (χ1n) is 9.60. The van der Waals surface area contributed by atoms with Crippen molar-refractivity contribution >= 4 is 5.96 Å². The summed E-state index contributed by atoms with van der Waals surface area (Å²) in [7, 11) is 1.39. The van der Waals surface area contributed by atoms with E-state index in [0.29, 0.717) is 12.5 Å². The fourth-order valence-corrected chi connectivity index (χ4v) is 2.76. The highest BCUT2D eigenvalue weighted by Gasteiger charge is 2.29. The largest absolute Gasteiger partial charge is 0.493 e. The highest BCUT2D eigenvalue weighted by atomic mass is 19.4. The van der Waals surface area contributed by atoms with Crippen molar-refractivity contribution in [1.29, 1.82) is 0 Å². The van der Waals surface area contributed by atoms with E-state index in [1.165, 1.54) is 13.2 Å². The number of hydrogen-bond donors (Lipinski definition) is 2. The lowest BCUT2D eigenvalue weighted by Crippen LogP contribution is -2.44. The Morgan fingerprint density at radius 1 is 1.21 bits per heavy atom. The number of nitrogens with zero attached hydrogens (tertiary/aromatic N) is 2. The molecule has 2 N–H and O–H groups in total. The van der Waals surface area contributed by atoms with Crippen molar-refractivity contribution < 1.29 is 27.4 Å². The van der Waals surface area contributed by atoms with E-state index in [2.05, 4.69) is 20.5 Å². The number of aliphatic imine (C=N–C) groups is 1. The number of guanidine groups is 1. The van der Waals surface area contributed by atoms with Crippen molar-refractivity contribution in [3.05, 3.63) is 23.8 Å². The summed E-state index contributed by atoms with van der Waals surface area (Å²) in [5.41, 5.74) is 0.798. The number of hydrogen-bond acceptors (Lipinski definition) is 5. The summed E-state index contributed by atoms with van der Waals surface area (Å²) in [6.45, 7) is 6.71. The van der Waals surface area contributed by atoms with Gasteiger partial charge >= 0.3 is 6.18 Å². The molecular formula is C19H29F3N4O3. The summed E-state index contributed by atoms with van der Waals surface area (Å²) in [4.78, 5) is 6.86. The van der Waals surface area contributed by atoms with Crippen LogP contribution >= 0.6 is 0 Å². The first kappa shape index (κ1) is 23.1. The molecule has 0 bridgehead atoms. The molecule has 7 nitrogen and oxygen atoms in total. The SMILES string of the molecule is CCNC(=NCc1ccc(OCC(F)(F)F)c(OC)c1)NCCN1CCOCC1. The third-order valence-corrected chi connectivity index (χ3v) is 4.21. The standard InChI is InChI=1S/C19H29F3N4O3/c1-3-23-18(24-6-7-26-8-10-28-11-9-26)25-13-15-4-5-16(17(12-15)27-2)29-14-19(20,21)22/h4-5,12H,3,6-11,13-14H2,1-2H3,(H2,23,24,25). The molecule has 1 aliphatic heterocycles. The second-order valence-electron chi connectivity index (χ2n) is 6.47. The smallest absolute Gasteiger partial charge is 0.422 e. The van der Waals surface area contributed by atoms with E-state index in [4.69, 9.17) is 14.2 Å². The summed E-state index contributed by atoms with van der Waals surface area (Å²) >= 11 is 0. The van der Waals surface area contributed by atoms with Crippen LogP contribution in [0.4, 0.5) is 13.2 Å². The lowest BCUT2D eigenvalue weighted by Gasteiger charge is -2.26. The zero-order valence-corrected chi connectivity index (χ0v) is 16.8. The Labute approximate surface area is 169 Å². The average molecular weight is 418 g/mol. The highest BCUT2D eigenvalue weighted by molar-refractivity contribution is 5.79. The third kappa shape index (κ3) is 8.78. The number of halogens is 3. The van der Waals surface area contributed by atoms with Gasteiger partial charge in [0, 0.05) is 32.7 Å². The molecule has 0 atom stereocenters. The van der Waals surface area contributed by atoms with Crippen molar-refractivity contribution in [2.75, 3.05) is 59.7 Å². The van der Waals surface area contributed by atoms with E-state index in [1.54, 1.807) is 12.1 Å². The topological polar surface area (TPSA) is 67.4 Å². The Hall–Kier alpha value is -2.20. The van der Waals surface area contributed by atoms with Crippen LogP contribution in [0.2, 0.25) is 0 Å². The minimum Gasteiger partial charge on any atom is -0.493 e. The highest BCUT2D eigenvalue weighted by Crippen LogP contribution is 2.30. The van der Waals surface area contributed by atoms with Crippen LogP contribution in [0, 0.1) is 0 Å². The van der Waals surface area contributed by atoms with Gasteiger partial charge in [0.25, 0.3) is 0 Å². The minimum absolute atomic E-state index is 0.0492. The Kier molecular flexibility index (Phi) is 9.33. The molecule has 0 amide bonds. The van der Waals surface area contributed by atoms with Crippen LogP contribution in [-0.2, 0) is 11.3 Å². The van der Waals surface area contributed by atoms with E-state index >= 15 is 0 Å². The van der Waals surface area contributed by atoms with Crippen LogP contribution < -0.4 is 20.1 Å². The molecule has 10 heteroatoms. The summed E-state index contributed by atoms with van der Waals surface area (Å²) in [5, 5.41) is 6.47. The maximum atomic E-state index is 12.4. The van der Waals surface area contributed by atoms with E-state index in [-0.39, 0.29) is 11.5 Å². The molecule has 1 aromatic rings. The predicted octanol–water partition coefficient (Wildman–Crippen LogP) is 2.02. The predicted molar refractivity (Wildman–Crippen MR) is 105 cm³/mol. The molecule has 2 rings (SSSR count). The summed E-state index contributed by atoms with van der Waals surface area (Å²) in [6, 6.07) is 4.77. The molecular weight excluding hydrogens is 389 g/mol. The van der Waals surface area contributed by atoms with Gasteiger partial charge in [-0.25, -0.2) is 4.99 Å². The first-order chi connectivity index (χ1) is 13.9. The lowest BCUT2D eigenvalue weighted by molar-refractivity contribution is -0.153. The van der Waals surface area contributed by atoms with Gasteiger partial charge in [0.05, 0.1) is 26.9 Å². The average Bonchev–Trinajstić information content (AvgIpc) is 2.71. The van der Waals surface area contributed by atoms with Gasteiger partial charge < -0.3 is 24.8 Å². The molecule has 1 aliphatic rings. The molecule has 164 valence electrons. The second-order valence-corrected chi connectivity index (χ2v) is 6.47. The van der Waals surface area contributed by atoms with E-state index in [0.717, 1.165) is 51.5 Å². The number of benzene rings is 1. The molecule has 0 saturated carbocycles. The molecule has 0 radical (unpaired) electrons. The number of methoxy groups -OCH3 is 1. The Morgan fingerprint density at radius 3 is 2.62 bits per heavy atom. The quantitative estimate of drug-likeness (QED) is 0.473. The number of rotatable bonds is 9. The van der Waals surface area contributed by atoms with E-state index < -0.39 is 12.8 Å². The van der Waals surface area contributed by atoms with Crippen molar-refractivity contribution in [3.63, 3.8) is 0 Å². The van der Waals surface area contributed by atoms with Crippen LogP contribution in [0.3, 0.4) is 0 Å². The minimum atomic E-state index is -4.40. The Morgan fingerprint density at radius 2 is 1.97 bits per heavy atom. The van der Waals surface area contributed by atoms with Crippen molar-refractivity contribution in [1.82, 2.24) is 15.5 Å². The number of morpholine rings is 1. The molecule has 1 saturated heterocycles. The number of ether oxygens (including phenoxy) is 3. The normalized spacial score (nSPS) is 15.8. The summed E-state index contributed by atoms with van der Waals surface area (Å²) in [5.74, 6) is 0.970. The summed E-state index contributed by atoms with van der Waals surface area (Å²) in [6.07, 6.45) is -4.40. The van der Waals surface area contributed by atoms with Gasteiger partial charge in [-0.3, -0.25) is 4.90 Å². The lowest BCUT2D eigenvalue weighted by atomic mass is 10.2. The van der Waals surface area contributed by atoms with Crippen molar-refractivity contribution in [2.24, 2.45) is 4.99 Å². The van der Waals surface area contributed by atoms with Crippen LogP contribution in [0.5, 0.6) is 11.5 Å². The van der Waals surface area contributed by atoms with E-state index in [9.17, 15) is 13.2 Å². The number of nitrogens with one attached hydrogen (secondary N) is 2. The second kappa shape index (κ2) is 11.7. The maximum Gasteiger partial charge on any atom is 0.422 e. The molecule has 29 heavy (non-hydrogen) atoms. The fraction of sp³-hybridized carbons (Fsp3) is 0.632. The van der Waals surface area contributed by atoms with Crippen molar-refractivity contribution in [2.45, 2.75) is 19.6 Å². The third-order valence-electron chi connectivity index (χ3n) is 4.21. The van der Waals surface area contributed by atoms with Crippen molar-refractivity contribution in [3.8, 4) is 11.5 Å². The van der Waals surface area contributed by atoms with Crippen LogP contribution in [-0.4, -0.2) is 76.7 Å². The molecule has 1 aromatic carbocycles. The Bertz CT molecular complexity index is 650. The van der Waals surface area contributed by atoms with Crippen LogP contribution in [0.15, 0.2) is 23.2 Å². The molecule has 1 heterocycles. The monoisotopic (exact) mass is 418 g/mol. The first-order valence-corrected chi connectivity index (χ1v) is 9.60. The Balaban J connectivity index is 1.91. The summed E-state index contributed by atoms with van der Waals surface area (Å²) < 4.78 is 52.3. The molecule has 0 spiro atoms. The van der Waals surface area contributed by atoms with Gasteiger partial charge in [-0.1, -0.05) is 6.07 Å².